The van der Waals surface area contributed by atoms with Crippen LogP contribution >= 0.6 is 0 Å². The van der Waals surface area contributed by atoms with Gasteiger partial charge in [0.1, 0.15) is 11.5 Å². The third-order valence-electron chi connectivity index (χ3n) is 2.77. The molecule has 0 bridgehead atoms. The van der Waals surface area contributed by atoms with E-state index in [0.29, 0.717) is 22.7 Å². The molecule has 20 heavy (non-hydrogen) atoms. The number of hydrogen-bond donors (Lipinski definition) is 1. The molecular weight excluding hydrogens is 256 g/mol. The highest BCUT2D eigenvalue weighted by Crippen LogP contribution is 2.23. The van der Waals surface area contributed by atoms with E-state index in [1.807, 2.05) is 6.92 Å². The summed E-state index contributed by atoms with van der Waals surface area (Å²) in [6.45, 7) is 1.87. The fourth-order valence-corrected chi connectivity index (χ4v) is 1.77. The second-order valence-electron chi connectivity index (χ2n) is 4.24. The SMILES string of the molecule is COc1cc(OC)cc(C(=O)Nc2ccnc(C)c2)c1. The Labute approximate surface area is 117 Å². The lowest BCUT2D eigenvalue weighted by atomic mass is 10.2. The van der Waals surface area contributed by atoms with Gasteiger partial charge in [-0.15, -0.1) is 0 Å². The molecule has 1 aromatic carbocycles. The van der Waals surface area contributed by atoms with Crippen LogP contribution in [0.5, 0.6) is 11.5 Å². The number of anilines is 1. The van der Waals surface area contributed by atoms with Crippen LogP contribution in [0.3, 0.4) is 0 Å². The zero-order valence-electron chi connectivity index (χ0n) is 11.6. The number of aryl methyl sites for hydroxylation is 1. The number of nitrogens with one attached hydrogen (secondary N) is 1. The maximum absolute atomic E-state index is 12.2. The average Bonchev–Trinajstić information content (AvgIpc) is 2.46. The summed E-state index contributed by atoms with van der Waals surface area (Å²) in [6.07, 6.45) is 1.65. The summed E-state index contributed by atoms with van der Waals surface area (Å²) in [7, 11) is 3.09. The summed E-state index contributed by atoms with van der Waals surface area (Å²) < 4.78 is 10.3. The number of amides is 1. The molecule has 0 aliphatic heterocycles. The second kappa shape index (κ2) is 6.06. The molecule has 104 valence electrons. The van der Waals surface area contributed by atoms with E-state index in [2.05, 4.69) is 10.3 Å². The van der Waals surface area contributed by atoms with E-state index in [9.17, 15) is 4.79 Å². The van der Waals surface area contributed by atoms with Gasteiger partial charge >= 0.3 is 0 Å². The summed E-state index contributed by atoms with van der Waals surface area (Å²) in [5, 5.41) is 2.81. The largest absolute Gasteiger partial charge is 0.497 e. The molecule has 5 heteroatoms. The van der Waals surface area contributed by atoms with Crippen LogP contribution < -0.4 is 14.8 Å². The van der Waals surface area contributed by atoms with Gasteiger partial charge in [0.05, 0.1) is 14.2 Å². The van der Waals surface area contributed by atoms with Crippen LogP contribution in [0.1, 0.15) is 16.1 Å². The third-order valence-corrected chi connectivity index (χ3v) is 2.77. The quantitative estimate of drug-likeness (QED) is 0.929. The lowest BCUT2D eigenvalue weighted by molar-refractivity contribution is 0.102. The molecule has 0 saturated heterocycles. The van der Waals surface area contributed by atoms with Gasteiger partial charge in [-0.3, -0.25) is 9.78 Å². The number of hydrogen-bond acceptors (Lipinski definition) is 4. The second-order valence-corrected chi connectivity index (χ2v) is 4.24. The fourth-order valence-electron chi connectivity index (χ4n) is 1.77. The maximum atomic E-state index is 12.2. The molecule has 1 N–H and O–H groups in total. The van der Waals surface area contributed by atoms with E-state index in [1.54, 1.807) is 50.7 Å². The Morgan fingerprint density at radius 1 is 1.10 bits per heavy atom. The van der Waals surface area contributed by atoms with Crippen molar-refractivity contribution in [3.8, 4) is 11.5 Å². The normalized spacial score (nSPS) is 9.95. The zero-order chi connectivity index (χ0) is 14.5. The Morgan fingerprint density at radius 3 is 2.30 bits per heavy atom. The topological polar surface area (TPSA) is 60.5 Å². The van der Waals surface area contributed by atoms with Crippen molar-refractivity contribution in [3.63, 3.8) is 0 Å². The van der Waals surface area contributed by atoms with Crippen molar-refractivity contribution in [3.05, 3.63) is 47.8 Å². The predicted molar refractivity (Wildman–Crippen MR) is 76.5 cm³/mol. The summed E-state index contributed by atoms with van der Waals surface area (Å²) in [5.41, 5.74) is 2.01. The summed E-state index contributed by atoms with van der Waals surface area (Å²) >= 11 is 0. The summed E-state index contributed by atoms with van der Waals surface area (Å²) in [4.78, 5) is 16.3. The number of rotatable bonds is 4. The minimum Gasteiger partial charge on any atom is -0.497 e. The molecule has 2 rings (SSSR count). The molecule has 0 saturated carbocycles. The van der Waals surface area contributed by atoms with Crippen molar-refractivity contribution in [2.24, 2.45) is 0 Å². The molecular formula is C15H16N2O3. The molecule has 5 nitrogen and oxygen atoms in total. The van der Waals surface area contributed by atoms with Gasteiger partial charge in [-0.05, 0) is 31.2 Å². The van der Waals surface area contributed by atoms with Crippen LogP contribution in [0.4, 0.5) is 5.69 Å². The molecule has 0 aliphatic carbocycles. The molecule has 1 aromatic heterocycles. The van der Waals surface area contributed by atoms with Crippen LogP contribution in [0.2, 0.25) is 0 Å². The Hall–Kier alpha value is -2.56. The van der Waals surface area contributed by atoms with Crippen molar-refractivity contribution in [1.29, 1.82) is 0 Å². The first-order chi connectivity index (χ1) is 9.62. The highest BCUT2D eigenvalue weighted by atomic mass is 16.5. The molecule has 2 aromatic rings. The number of aromatic nitrogens is 1. The molecule has 1 amide bonds. The molecule has 0 spiro atoms. The molecule has 0 unspecified atom stereocenters. The van der Waals surface area contributed by atoms with E-state index < -0.39 is 0 Å². The Bertz CT molecular complexity index is 604. The van der Waals surface area contributed by atoms with Crippen LogP contribution in [0.15, 0.2) is 36.5 Å². The van der Waals surface area contributed by atoms with Crippen LogP contribution in [0, 0.1) is 6.92 Å². The first kappa shape index (κ1) is 13.9. The number of benzene rings is 1. The number of ether oxygens (including phenoxy) is 2. The molecule has 0 atom stereocenters. The smallest absolute Gasteiger partial charge is 0.255 e. The van der Waals surface area contributed by atoms with Crippen molar-refractivity contribution >= 4 is 11.6 Å². The minimum atomic E-state index is -0.229. The number of nitrogens with zero attached hydrogens (tertiary/aromatic N) is 1. The van der Waals surface area contributed by atoms with Crippen molar-refractivity contribution < 1.29 is 14.3 Å². The van der Waals surface area contributed by atoms with Crippen LogP contribution in [0.25, 0.3) is 0 Å². The van der Waals surface area contributed by atoms with Gasteiger partial charge in [0, 0.05) is 29.2 Å². The Balaban J connectivity index is 2.24. The van der Waals surface area contributed by atoms with E-state index in [1.165, 1.54) is 0 Å². The van der Waals surface area contributed by atoms with Crippen molar-refractivity contribution in [2.45, 2.75) is 6.92 Å². The average molecular weight is 272 g/mol. The van der Waals surface area contributed by atoms with Gasteiger partial charge < -0.3 is 14.8 Å². The van der Waals surface area contributed by atoms with Crippen molar-refractivity contribution in [1.82, 2.24) is 4.98 Å². The van der Waals surface area contributed by atoms with Gasteiger partial charge in [0.25, 0.3) is 5.91 Å². The molecule has 1 heterocycles. The Kier molecular flexibility index (Phi) is 4.20. The van der Waals surface area contributed by atoms with E-state index in [-0.39, 0.29) is 5.91 Å². The van der Waals surface area contributed by atoms with Crippen LogP contribution in [-0.2, 0) is 0 Å². The lowest BCUT2D eigenvalue weighted by Crippen LogP contribution is -2.12. The number of pyridine rings is 1. The first-order valence-electron chi connectivity index (χ1n) is 6.09. The van der Waals surface area contributed by atoms with E-state index >= 15 is 0 Å². The number of carbonyl (C=O) groups is 1. The molecule has 0 radical (unpaired) electrons. The molecule has 0 fully saturated rings. The summed E-state index contributed by atoms with van der Waals surface area (Å²) in [5.74, 6) is 0.911. The van der Waals surface area contributed by atoms with E-state index in [0.717, 1.165) is 5.69 Å². The van der Waals surface area contributed by atoms with Gasteiger partial charge in [-0.25, -0.2) is 0 Å². The fraction of sp³-hybridized carbons (Fsp3) is 0.200. The highest BCUT2D eigenvalue weighted by molar-refractivity contribution is 6.04. The third kappa shape index (κ3) is 3.26. The number of methoxy groups -OCH3 is 2. The first-order valence-corrected chi connectivity index (χ1v) is 6.09. The van der Waals surface area contributed by atoms with Gasteiger partial charge in [-0.1, -0.05) is 0 Å². The Morgan fingerprint density at radius 2 is 1.75 bits per heavy atom. The van der Waals surface area contributed by atoms with Gasteiger partial charge in [-0.2, -0.15) is 0 Å². The number of carbonyl (C=O) groups excluding carboxylic acids is 1. The van der Waals surface area contributed by atoms with Gasteiger partial charge in [0.15, 0.2) is 0 Å². The minimum absolute atomic E-state index is 0.229. The molecule has 0 aliphatic rings. The standard InChI is InChI=1S/C15H16N2O3/c1-10-6-12(4-5-16-10)17-15(18)11-7-13(19-2)9-14(8-11)20-3/h4-9H,1-3H3,(H,16,17,18). The van der Waals surface area contributed by atoms with Crippen LogP contribution in [-0.4, -0.2) is 25.1 Å². The van der Waals surface area contributed by atoms with Gasteiger partial charge in [0.2, 0.25) is 0 Å². The monoisotopic (exact) mass is 272 g/mol. The highest BCUT2D eigenvalue weighted by Gasteiger charge is 2.10. The summed E-state index contributed by atoms with van der Waals surface area (Å²) in [6, 6.07) is 8.57. The lowest BCUT2D eigenvalue weighted by Gasteiger charge is -2.09. The maximum Gasteiger partial charge on any atom is 0.255 e. The van der Waals surface area contributed by atoms with E-state index in [4.69, 9.17) is 9.47 Å². The van der Waals surface area contributed by atoms with Crippen molar-refractivity contribution in [2.75, 3.05) is 19.5 Å². The predicted octanol–water partition coefficient (Wildman–Crippen LogP) is 2.66. The zero-order valence-corrected chi connectivity index (χ0v) is 11.6.